The monoisotopic (exact) mass is 343 g/mol. The number of ether oxygens (including phenoxy) is 2. The number of esters is 1. The van der Waals surface area contributed by atoms with Crippen LogP contribution in [0.4, 0.5) is 5.69 Å². The number of nitrogens with zero attached hydrogens (tertiary/aromatic N) is 1. The zero-order chi connectivity index (χ0) is 14.7. The van der Waals surface area contributed by atoms with Crippen LogP contribution in [0.15, 0.2) is 12.1 Å². The van der Waals surface area contributed by atoms with E-state index in [2.05, 4.69) is 15.9 Å². The summed E-state index contributed by atoms with van der Waals surface area (Å²) in [6.45, 7) is 1.95. The van der Waals surface area contributed by atoms with E-state index < -0.39 is 10.9 Å². The number of hydrogen-bond acceptors (Lipinski definition) is 5. The first-order valence-corrected chi connectivity index (χ1v) is 7.40. The molecule has 20 heavy (non-hydrogen) atoms. The van der Waals surface area contributed by atoms with E-state index in [1.807, 2.05) is 0 Å². The summed E-state index contributed by atoms with van der Waals surface area (Å²) in [5.74, 6) is -0.372. The van der Waals surface area contributed by atoms with Crippen LogP contribution in [0.2, 0.25) is 0 Å². The van der Waals surface area contributed by atoms with Gasteiger partial charge in [0.15, 0.2) is 5.75 Å². The minimum absolute atomic E-state index is 0.0126. The maximum Gasteiger partial charge on any atom is 0.338 e. The van der Waals surface area contributed by atoms with Crippen molar-refractivity contribution in [1.29, 1.82) is 0 Å². The zero-order valence-electron chi connectivity index (χ0n) is 10.9. The van der Waals surface area contributed by atoms with Gasteiger partial charge in [0, 0.05) is 17.5 Å². The van der Waals surface area contributed by atoms with Crippen molar-refractivity contribution in [3.63, 3.8) is 0 Å². The molecule has 108 valence electrons. The van der Waals surface area contributed by atoms with Crippen LogP contribution >= 0.6 is 15.9 Å². The molecule has 1 fully saturated rings. The Hall–Kier alpha value is -1.63. The van der Waals surface area contributed by atoms with Crippen molar-refractivity contribution in [2.24, 2.45) is 0 Å². The fourth-order valence-corrected chi connectivity index (χ4v) is 2.19. The van der Waals surface area contributed by atoms with Gasteiger partial charge in [-0.1, -0.05) is 15.9 Å². The van der Waals surface area contributed by atoms with Gasteiger partial charge in [-0.15, -0.1) is 0 Å². The molecule has 0 unspecified atom stereocenters. The number of carbonyl (C=O) groups excluding carboxylic acids is 1. The van der Waals surface area contributed by atoms with Gasteiger partial charge in [0.2, 0.25) is 0 Å². The lowest BCUT2D eigenvalue weighted by Gasteiger charge is -2.11. The van der Waals surface area contributed by atoms with Gasteiger partial charge in [-0.2, -0.15) is 0 Å². The Morgan fingerprint density at radius 3 is 2.70 bits per heavy atom. The van der Waals surface area contributed by atoms with E-state index in [-0.39, 0.29) is 24.1 Å². The standard InChI is InChI=1S/C13H14BrNO5/c1-2-19-13(16)10-6-12(20-9-3-4-9)11(15(17)18)5-8(10)7-14/h5-6,9H,2-4,7H2,1H3. The number of alkyl halides is 1. The van der Waals surface area contributed by atoms with Gasteiger partial charge in [-0.25, -0.2) is 4.79 Å². The van der Waals surface area contributed by atoms with E-state index in [0.717, 1.165) is 12.8 Å². The summed E-state index contributed by atoms with van der Waals surface area (Å²) in [5.41, 5.74) is 0.683. The maximum atomic E-state index is 11.9. The Labute approximate surface area is 124 Å². The van der Waals surface area contributed by atoms with Crippen LogP contribution < -0.4 is 4.74 Å². The second-order valence-electron chi connectivity index (χ2n) is 4.41. The number of carbonyl (C=O) groups is 1. The first kappa shape index (κ1) is 14.8. The maximum absolute atomic E-state index is 11.9. The molecule has 1 aliphatic carbocycles. The highest BCUT2D eigenvalue weighted by Gasteiger charge is 2.29. The molecule has 0 saturated heterocycles. The number of rotatable bonds is 6. The van der Waals surface area contributed by atoms with E-state index in [9.17, 15) is 14.9 Å². The molecule has 6 nitrogen and oxygen atoms in total. The third-order valence-corrected chi connectivity index (χ3v) is 3.44. The Kier molecular flexibility index (Phi) is 4.59. The van der Waals surface area contributed by atoms with Crippen LogP contribution in [0, 0.1) is 10.1 Å². The molecule has 0 N–H and O–H groups in total. The first-order valence-electron chi connectivity index (χ1n) is 6.27. The second kappa shape index (κ2) is 6.21. The Morgan fingerprint density at radius 1 is 1.50 bits per heavy atom. The summed E-state index contributed by atoms with van der Waals surface area (Å²) in [6, 6.07) is 2.77. The summed E-state index contributed by atoms with van der Waals surface area (Å²) < 4.78 is 10.5. The van der Waals surface area contributed by atoms with Crippen molar-refractivity contribution in [2.45, 2.75) is 31.2 Å². The summed E-state index contributed by atoms with van der Waals surface area (Å²) in [6.07, 6.45) is 1.77. The average Bonchev–Trinajstić information content (AvgIpc) is 3.22. The first-order chi connectivity index (χ1) is 9.56. The number of halogens is 1. The predicted molar refractivity (Wildman–Crippen MR) is 75.3 cm³/mol. The lowest BCUT2D eigenvalue weighted by molar-refractivity contribution is -0.386. The minimum Gasteiger partial charge on any atom is -0.483 e. The summed E-state index contributed by atoms with van der Waals surface area (Å²) in [5, 5.41) is 11.4. The van der Waals surface area contributed by atoms with E-state index in [4.69, 9.17) is 9.47 Å². The fourth-order valence-electron chi connectivity index (χ4n) is 1.72. The van der Waals surface area contributed by atoms with Gasteiger partial charge >= 0.3 is 11.7 Å². The molecular weight excluding hydrogens is 330 g/mol. The van der Waals surface area contributed by atoms with E-state index in [1.54, 1.807) is 6.92 Å². The van der Waals surface area contributed by atoms with Crippen molar-refractivity contribution in [2.75, 3.05) is 6.61 Å². The fraction of sp³-hybridized carbons (Fsp3) is 0.462. The number of nitro benzene ring substituents is 1. The molecule has 0 radical (unpaired) electrons. The van der Waals surface area contributed by atoms with Gasteiger partial charge < -0.3 is 9.47 Å². The smallest absolute Gasteiger partial charge is 0.338 e. The van der Waals surface area contributed by atoms with Crippen LogP contribution in [0.1, 0.15) is 35.7 Å². The molecule has 0 bridgehead atoms. The largest absolute Gasteiger partial charge is 0.483 e. The molecule has 1 saturated carbocycles. The lowest BCUT2D eigenvalue weighted by Crippen LogP contribution is -2.10. The molecule has 0 heterocycles. The zero-order valence-corrected chi connectivity index (χ0v) is 12.5. The van der Waals surface area contributed by atoms with Gasteiger partial charge in [0.1, 0.15) is 0 Å². The van der Waals surface area contributed by atoms with E-state index in [0.29, 0.717) is 16.5 Å². The molecule has 1 aromatic carbocycles. The molecule has 0 spiro atoms. The number of benzene rings is 1. The Bertz CT molecular complexity index is 542. The summed E-state index contributed by atoms with van der Waals surface area (Å²) in [7, 11) is 0. The number of nitro groups is 1. The summed E-state index contributed by atoms with van der Waals surface area (Å²) >= 11 is 3.23. The number of hydrogen-bond donors (Lipinski definition) is 0. The normalized spacial score (nSPS) is 13.9. The molecule has 2 rings (SSSR count). The van der Waals surface area contributed by atoms with Crippen molar-refractivity contribution >= 4 is 27.6 Å². The molecule has 0 aromatic heterocycles. The average molecular weight is 344 g/mol. The molecule has 7 heteroatoms. The second-order valence-corrected chi connectivity index (χ2v) is 4.97. The third-order valence-electron chi connectivity index (χ3n) is 2.84. The van der Waals surface area contributed by atoms with E-state index in [1.165, 1.54) is 12.1 Å². The Balaban J connectivity index is 2.44. The van der Waals surface area contributed by atoms with Gasteiger partial charge in [-0.3, -0.25) is 10.1 Å². The molecule has 1 aliphatic rings. The molecular formula is C13H14BrNO5. The van der Waals surface area contributed by atoms with Crippen LogP contribution in [0.3, 0.4) is 0 Å². The van der Waals surface area contributed by atoms with Crippen molar-refractivity contribution in [3.8, 4) is 5.75 Å². The van der Waals surface area contributed by atoms with Crippen molar-refractivity contribution in [1.82, 2.24) is 0 Å². The molecule has 0 amide bonds. The van der Waals surface area contributed by atoms with Crippen LogP contribution in [0.5, 0.6) is 5.75 Å². The highest BCUT2D eigenvalue weighted by Crippen LogP contribution is 2.36. The third kappa shape index (κ3) is 3.27. The Morgan fingerprint density at radius 2 is 2.20 bits per heavy atom. The van der Waals surface area contributed by atoms with Crippen LogP contribution in [-0.4, -0.2) is 23.6 Å². The van der Waals surface area contributed by atoms with Gasteiger partial charge in [0.25, 0.3) is 0 Å². The molecule has 1 aromatic rings. The molecule has 0 aliphatic heterocycles. The van der Waals surface area contributed by atoms with Crippen LogP contribution in [-0.2, 0) is 10.1 Å². The highest BCUT2D eigenvalue weighted by atomic mass is 79.9. The van der Waals surface area contributed by atoms with Gasteiger partial charge in [-0.05, 0) is 25.3 Å². The predicted octanol–water partition coefficient (Wildman–Crippen LogP) is 3.21. The van der Waals surface area contributed by atoms with E-state index >= 15 is 0 Å². The lowest BCUT2D eigenvalue weighted by atomic mass is 10.1. The van der Waals surface area contributed by atoms with Gasteiger partial charge in [0.05, 0.1) is 23.2 Å². The molecule has 0 atom stereocenters. The quantitative estimate of drug-likeness (QED) is 0.343. The topological polar surface area (TPSA) is 78.7 Å². The van der Waals surface area contributed by atoms with Crippen LogP contribution in [0.25, 0.3) is 0 Å². The minimum atomic E-state index is -0.502. The van der Waals surface area contributed by atoms with Crippen molar-refractivity contribution < 1.29 is 19.2 Å². The van der Waals surface area contributed by atoms with Crippen molar-refractivity contribution in [3.05, 3.63) is 33.4 Å². The highest BCUT2D eigenvalue weighted by molar-refractivity contribution is 9.08. The SMILES string of the molecule is CCOC(=O)c1cc(OC2CC2)c([N+](=O)[O-])cc1CBr. The summed E-state index contributed by atoms with van der Waals surface area (Å²) in [4.78, 5) is 22.5.